The molecule has 1 aromatic carbocycles. The summed E-state index contributed by atoms with van der Waals surface area (Å²) in [6.07, 6.45) is 3.67. The molecular formula is C21H23N3O2S2. The number of rotatable bonds is 9. The molecule has 3 aromatic rings. The van der Waals surface area contributed by atoms with Crippen molar-refractivity contribution in [2.24, 2.45) is 0 Å². The van der Waals surface area contributed by atoms with Gasteiger partial charge in [-0.2, -0.15) is 0 Å². The van der Waals surface area contributed by atoms with Crippen LogP contribution in [-0.4, -0.2) is 27.8 Å². The highest BCUT2D eigenvalue weighted by Gasteiger charge is 2.17. The Kier molecular flexibility index (Phi) is 7.06. The summed E-state index contributed by atoms with van der Waals surface area (Å²) in [5, 5.41) is 6.03. The molecule has 0 fully saturated rings. The van der Waals surface area contributed by atoms with Gasteiger partial charge in [0, 0.05) is 24.0 Å². The molecule has 0 unspecified atom stereocenters. The highest BCUT2D eigenvalue weighted by Crippen LogP contribution is 2.32. The summed E-state index contributed by atoms with van der Waals surface area (Å²) in [4.78, 5) is 30.6. The van der Waals surface area contributed by atoms with Gasteiger partial charge in [-0.1, -0.05) is 61.5 Å². The van der Waals surface area contributed by atoms with Gasteiger partial charge in [-0.3, -0.25) is 14.2 Å². The van der Waals surface area contributed by atoms with Crippen LogP contribution in [0.2, 0.25) is 0 Å². The predicted octanol–water partition coefficient (Wildman–Crippen LogP) is 4.32. The summed E-state index contributed by atoms with van der Waals surface area (Å²) in [6, 6.07) is 9.84. The number of hydrogen-bond donors (Lipinski definition) is 1. The standard InChI is InChI=1S/C21H23N3O2S2/c1-3-5-11-22-17(25)14-28-21-23-19-18(20(26)24(21)12-4-2)16(13-27-19)15-9-7-6-8-10-15/h4,6-10,13H,2-3,5,11-12,14H2,1H3,(H,22,25). The number of amides is 1. The minimum Gasteiger partial charge on any atom is -0.355 e. The lowest BCUT2D eigenvalue weighted by Crippen LogP contribution is -2.27. The molecule has 0 radical (unpaired) electrons. The van der Waals surface area contributed by atoms with Gasteiger partial charge in [-0.15, -0.1) is 17.9 Å². The highest BCUT2D eigenvalue weighted by atomic mass is 32.2. The van der Waals surface area contributed by atoms with E-state index >= 15 is 0 Å². The number of fused-ring (bicyclic) bond motifs is 1. The molecule has 3 rings (SSSR count). The van der Waals surface area contributed by atoms with E-state index < -0.39 is 0 Å². The van der Waals surface area contributed by atoms with Crippen LogP contribution < -0.4 is 10.9 Å². The molecule has 2 aromatic heterocycles. The maximum atomic E-state index is 13.2. The van der Waals surface area contributed by atoms with Crippen LogP contribution >= 0.6 is 23.1 Å². The minimum atomic E-state index is -0.0982. The maximum absolute atomic E-state index is 13.2. The first kappa shape index (κ1) is 20.4. The van der Waals surface area contributed by atoms with Gasteiger partial charge in [0.1, 0.15) is 4.83 Å². The lowest BCUT2D eigenvalue weighted by atomic mass is 10.1. The molecule has 2 heterocycles. The zero-order valence-corrected chi connectivity index (χ0v) is 17.4. The molecule has 28 heavy (non-hydrogen) atoms. The molecule has 5 nitrogen and oxygen atoms in total. The average Bonchev–Trinajstić information content (AvgIpc) is 3.14. The van der Waals surface area contributed by atoms with Gasteiger partial charge in [0.2, 0.25) is 5.91 Å². The van der Waals surface area contributed by atoms with Gasteiger partial charge in [0.15, 0.2) is 5.16 Å². The van der Waals surface area contributed by atoms with E-state index in [1.807, 2.05) is 35.7 Å². The molecule has 1 N–H and O–H groups in total. The van der Waals surface area contributed by atoms with E-state index in [1.165, 1.54) is 23.1 Å². The molecule has 0 saturated carbocycles. The van der Waals surface area contributed by atoms with Crippen LogP contribution in [0, 0.1) is 0 Å². The van der Waals surface area contributed by atoms with Crippen LogP contribution in [0.1, 0.15) is 19.8 Å². The second-order valence-electron chi connectivity index (χ2n) is 6.29. The minimum absolute atomic E-state index is 0.0471. The van der Waals surface area contributed by atoms with Crippen molar-refractivity contribution in [3.05, 3.63) is 58.7 Å². The first-order valence-corrected chi connectivity index (χ1v) is 11.1. The Bertz CT molecular complexity index is 1030. The van der Waals surface area contributed by atoms with Crippen molar-refractivity contribution in [1.29, 1.82) is 0 Å². The Morgan fingerprint density at radius 2 is 2.14 bits per heavy atom. The highest BCUT2D eigenvalue weighted by molar-refractivity contribution is 7.99. The number of benzene rings is 1. The van der Waals surface area contributed by atoms with Gasteiger partial charge in [0.05, 0.1) is 11.1 Å². The average molecular weight is 414 g/mol. The van der Waals surface area contributed by atoms with Gasteiger partial charge in [-0.05, 0) is 12.0 Å². The molecule has 0 aliphatic carbocycles. The maximum Gasteiger partial charge on any atom is 0.263 e. The van der Waals surface area contributed by atoms with E-state index in [2.05, 4.69) is 23.8 Å². The zero-order chi connectivity index (χ0) is 19.9. The van der Waals surface area contributed by atoms with Crippen LogP contribution in [0.4, 0.5) is 0 Å². The van der Waals surface area contributed by atoms with Crippen LogP contribution in [0.5, 0.6) is 0 Å². The monoisotopic (exact) mass is 413 g/mol. The first-order valence-electron chi connectivity index (χ1n) is 9.23. The third-order valence-electron chi connectivity index (χ3n) is 4.24. The molecule has 0 atom stereocenters. The number of unbranched alkanes of at least 4 members (excludes halogenated alkanes) is 1. The van der Waals surface area contributed by atoms with Gasteiger partial charge >= 0.3 is 0 Å². The van der Waals surface area contributed by atoms with E-state index in [4.69, 9.17) is 0 Å². The Labute approximate surface area is 172 Å². The predicted molar refractivity (Wildman–Crippen MR) is 118 cm³/mol. The number of hydrogen-bond acceptors (Lipinski definition) is 5. The number of aromatic nitrogens is 2. The summed E-state index contributed by atoms with van der Waals surface area (Å²) >= 11 is 2.74. The third kappa shape index (κ3) is 4.54. The molecular weight excluding hydrogens is 390 g/mol. The van der Waals surface area contributed by atoms with Crippen molar-refractivity contribution in [3.8, 4) is 11.1 Å². The number of thiophene rings is 1. The number of nitrogens with zero attached hydrogens (tertiary/aromatic N) is 2. The van der Waals surface area contributed by atoms with Crippen LogP contribution in [0.3, 0.4) is 0 Å². The van der Waals surface area contributed by atoms with Crippen LogP contribution in [0.25, 0.3) is 21.3 Å². The fraction of sp³-hybridized carbons (Fsp3) is 0.286. The number of nitrogens with one attached hydrogen (secondary N) is 1. The van der Waals surface area contributed by atoms with Crippen molar-refractivity contribution in [2.75, 3.05) is 12.3 Å². The summed E-state index contributed by atoms with van der Waals surface area (Å²) in [6.45, 7) is 6.87. The smallest absolute Gasteiger partial charge is 0.263 e. The third-order valence-corrected chi connectivity index (χ3v) is 6.09. The molecule has 0 bridgehead atoms. The molecule has 0 aliphatic rings. The molecule has 0 saturated heterocycles. The van der Waals surface area contributed by atoms with Gasteiger partial charge in [0.25, 0.3) is 5.56 Å². The van der Waals surface area contributed by atoms with Gasteiger partial charge < -0.3 is 5.32 Å². The second-order valence-corrected chi connectivity index (χ2v) is 8.09. The largest absolute Gasteiger partial charge is 0.355 e. The summed E-state index contributed by atoms with van der Waals surface area (Å²) < 4.78 is 1.60. The van der Waals surface area contributed by atoms with Crippen molar-refractivity contribution in [2.45, 2.75) is 31.5 Å². The number of allylic oxidation sites excluding steroid dienone is 1. The zero-order valence-electron chi connectivity index (χ0n) is 15.8. The second kappa shape index (κ2) is 9.71. The number of carbonyl (C=O) groups is 1. The van der Waals surface area contributed by atoms with Crippen molar-refractivity contribution < 1.29 is 4.79 Å². The molecule has 0 aliphatic heterocycles. The Morgan fingerprint density at radius 3 is 2.86 bits per heavy atom. The summed E-state index contributed by atoms with van der Waals surface area (Å²) in [7, 11) is 0. The van der Waals surface area contributed by atoms with Crippen molar-refractivity contribution in [1.82, 2.24) is 14.9 Å². The Balaban J connectivity index is 1.93. The summed E-state index contributed by atoms with van der Waals surface area (Å²) in [5.41, 5.74) is 1.79. The van der Waals surface area contributed by atoms with E-state index in [1.54, 1.807) is 10.6 Å². The van der Waals surface area contributed by atoms with E-state index in [9.17, 15) is 9.59 Å². The Hall–Kier alpha value is -2.38. The SMILES string of the molecule is C=CCn1c(SCC(=O)NCCCC)nc2scc(-c3ccccc3)c2c1=O. The topological polar surface area (TPSA) is 64.0 Å². The van der Waals surface area contributed by atoms with E-state index in [0.29, 0.717) is 28.5 Å². The van der Waals surface area contributed by atoms with Crippen LogP contribution in [-0.2, 0) is 11.3 Å². The number of thioether (sulfide) groups is 1. The fourth-order valence-electron chi connectivity index (χ4n) is 2.82. The molecule has 1 amide bonds. The van der Waals surface area contributed by atoms with Gasteiger partial charge in [-0.25, -0.2) is 4.98 Å². The quantitative estimate of drug-likeness (QED) is 0.246. The van der Waals surface area contributed by atoms with E-state index in [-0.39, 0.29) is 17.2 Å². The summed E-state index contributed by atoms with van der Waals surface area (Å²) in [5.74, 6) is 0.185. The Morgan fingerprint density at radius 1 is 1.36 bits per heavy atom. The molecule has 7 heteroatoms. The lowest BCUT2D eigenvalue weighted by Gasteiger charge is -2.11. The van der Waals surface area contributed by atoms with Crippen LogP contribution in [0.15, 0.2) is 58.3 Å². The lowest BCUT2D eigenvalue weighted by molar-refractivity contribution is -0.118. The normalized spacial score (nSPS) is 10.9. The van der Waals surface area contributed by atoms with Crippen molar-refractivity contribution in [3.63, 3.8) is 0 Å². The molecule has 0 spiro atoms. The molecule has 146 valence electrons. The number of carbonyl (C=O) groups excluding carboxylic acids is 1. The van der Waals surface area contributed by atoms with E-state index in [0.717, 1.165) is 24.0 Å². The first-order chi connectivity index (χ1) is 13.7. The van der Waals surface area contributed by atoms with Crippen molar-refractivity contribution >= 4 is 39.2 Å². The fourth-order valence-corrected chi connectivity index (χ4v) is 4.65.